The molecule has 0 spiro atoms. The number of ether oxygens (including phenoxy) is 1. The summed E-state index contributed by atoms with van der Waals surface area (Å²) in [6.07, 6.45) is -4.36. The van der Waals surface area contributed by atoms with Gasteiger partial charge in [0.2, 0.25) is 15.8 Å². The minimum absolute atomic E-state index is 0.0392. The maximum absolute atomic E-state index is 13.0. The van der Waals surface area contributed by atoms with Crippen molar-refractivity contribution in [1.82, 2.24) is 4.31 Å². The summed E-state index contributed by atoms with van der Waals surface area (Å²) in [5, 5.41) is 0. The molecule has 1 saturated heterocycles. The summed E-state index contributed by atoms with van der Waals surface area (Å²) < 4.78 is 70.7. The minimum Gasteiger partial charge on any atom is -0.457 e. The predicted octanol–water partition coefficient (Wildman–Crippen LogP) is 4.46. The van der Waals surface area contributed by atoms with Crippen LogP contribution in [0.3, 0.4) is 0 Å². The van der Waals surface area contributed by atoms with E-state index in [1.165, 1.54) is 0 Å². The van der Waals surface area contributed by atoms with Crippen LogP contribution < -0.4 is 0 Å². The van der Waals surface area contributed by atoms with Gasteiger partial charge in [-0.1, -0.05) is 23.8 Å². The molecule has 0 N–H and O–H groups in total. The number of aryl methyl sites for hydroxylation is 3. The van der Waals surface area contributed by atoms with Gasteiger partial charge in [-0.25, -0.2) is 8.42 Å². The zero-order valence-corrected chi connectivity index (χ0v) is 19.9. The molecular formula is C24H26F3NO5S. The third-order valence-corrected chi connectivity index (χ3v) is 7.78. The summed E-state index contributed by atoms with van der Waals surface area (Å²) in [6.45, 7) is 5.07. The number of piperidine rings is 1. The molecule has 3 rings (SSSR count). The predicted molar refractivity (Wildman–Crippen MR) is 119 cm³/mol. The van der Waals surface area contributed by atoms with Gasteiger partial charge in [-0.2, -0.15) is 17.5 Å². The topological polar surface area (TPSA) is 80.8 Å². The molecule has 184 valence electrons. The van der Waals surface area contributed by atoms with Crippen LogP contribution in [-0.4, -0.2) is 44.2 Å². The fraction of sp³-hybridized carbons (Fsp3) is 0.417. The number of carbonyl (C=O) groups is 2. The second kappa shape index (κ2) is 9.87. The van der Waals surface area contributed by atoms with Gasteiger partial charge in [-0.05, 0) is 62.9 Å². The molecule has 34 heavy (non-hydrogen) atoms. The van der Waals surface area contributed by atoms with Gasteiger partial charge < -0.3 is 4.74 Å². The Hall–Kier alpha value is -2.72. The molecule has 0 atom stereocenters. The van der Waals surface area contributed by atoms with Crippen LogP contribution in [-0.2, 0) is 25.7 Å². The highest BCUT2D eigenvalue weighted by atomic mass is 32.2. The maximum atomic E-state index is 13.0. The van der Waals surface area contributed by atoms with Crippen LogP contribution in [0.25, 0.3) is 0 Å². The van der Waals surface area contributed by atoms with E-state index in [1.807, 2.05) is 32.9 Å². The highest BCUT2D eigenvalue weighted by Gasteiger charge is 2.35. The van der Waals surface area contributed by atoms with Crippen molar-refractivity contribution in [3.8, 4) is 0 Å². The normalized spacial score (nSPS) is 15.8. The number of hydrogen-bond donors (Lipinski definition) is 0. The molecular weight excluding hydrogens is 471 g/mol. The molecule has 1 aliphatic rings. The quantitative estimate of drug-likeness (QED) is 0.435. The van der Waals surface area contributed by atoms with E-state index in [4.69, 9.17) is 4.74 Å². The summed E-state index contributed by atoms with van der Waals surface area (Å²) in [4.78, 5) is 24.6. The van der Waals surface area contributed by atoms with Gasteiger partial charge in [0.1, 0.15) is 0 Å². The van der Waals surface area contributed by atoms with Crippen LogP contribution >= 0.6 is 0 Å². The molecule has 0 aliphatic carbocycles. The Labute approximate surface area is 196 Å². The lowest BCUT2D eigenvalue weighted by Gasteiger charge is -2.30. The van der Waals surface area contributed by atoms with Gasteiger partial charge in [0.05, 0.1) is 16.4 Å². The summed E-state index contributed by atoms with van der Waals surface area (Å²) in [5.41, 5.74) is 2.09. The van der Waals surface area contributed by atoms with Crippen LogP contribution in [0.2, 0.25) is 0 Å². The highest BCUT2D eigenvalue weighted by Crippen LogP contribution is 2.32. The molecule has 0 saturated carbocycles. The Morgan fingerprint density at radius 3 is 2.18 bits per heavy atom. The van der Waals surface area contributed by atoms with Crippen molar-refractivity contribution in [3.63, 3.8) is 0 Å². The van der Waals surface area contributed by atoms with E-state index in [9.17, 15) is 31.2 Å². The fourth-order valence-corrected chi connectivity index (χ4v) is 5.78. The van der Waals surface area contributed by atoms with Crippen LogP contribution in [0, 0.1) is 26.7 Å². The number of Topliss-reactive ketones (excluding diaryl/α,β-unsaturated/α-hetero) is 1. The molecule has 0 bridgehead atoms. The molecule has 0 unspecified atom stereocenters. The Balaban J connectivity index is 1.59. The van der Waals surface area contributed by atoms with Crippen LogP contribution in [0.1, 0.15) is 45.5 Å². The first-order valence-electron chi connectivity index (χ1n) is 10.8. The number of alkyl halides is 3. The van der Waals surface area contributed by atoms with Crippen molar-refractivity contribution in [2.75, 3.05) is 19.7 Å². The first-order valence-corrected chi connectivity index (χ1v) is 12.2. The number of hydrogen-bond acceptors (Lipinski definition) is 5. The second-order valence-electron chi connectivity index (χ2n) is 8.51. The fourth-order valence-electron chi connectivity index (χ4n) is 4.26. The SMILES string of the molecule is Cc1cc(C)c(C(=O)COC(=O)C2CCN(S(=O)(=O)c3cccc(C(F)(F)F)c3)CC2)c(C)c1. The lowest BCUT2D eigenvalue weighted by molar-refractivity contribution is -0.148. The van der Waals surface area contributed by atoms with Crippen molar-refractivity contribution in [3.05, 3.63) is 64.2 Å². The average molecular weight is 498 g/mol. The number of halogens is 3. The van der Waals surface area contributed by atoms with Gasteiger partial charge in [-0.3, -0.25) is 9.59 Å². The first kappa shape index (κ1) is 25.9. The Kier molecular flexibility index (Phi) is 7.52. The number of nitrogens with zero attached hydrogens (tertiary/aromatic N) is 1. The summed E-state index contributed by atoms with van der Waals surface area (Å²) >= 11 is 0. The van der Waals surface area contributed by atoms with Gasteiger partial charge in [0.15, 0.2) is 6.61 Å². The van der Waals surface area contributed by atoms with Gasteiger partial charge in [0, 0.05) is 18.7 Å². The third kappa shape index (κ3) is 5.67. The van der Waals surface area contributed by atoms with Crippen molar-refractivity contribution in [1.29, 1.82) is 0 Å². The van der Waals surface area contributed by atoms with Gasteiger partial charge >= 0.3 is 12.1 Å². The molecule has 6 nitrogen and oxygen atoms in total. The Morgan fingerprint density at radius 1 is 1.03 bits per heavy atom. The number of esters is 1. The van der Waals surface area contributed by atoms with E-state index < -0.39 is 45.2 Å². The standard InChI is InChI=1S/C24H26F3NO5S/c1-15-11-16(2)22(17(3)12-15)21(29)14-33-23(30)18-7-9-28(10-8-18)34(31,32)20-6-4-5-19(13-20)24(25,26)27/h4-6,11-13,18H,7-10,14H2,1-3H3. The van der Waals surface area contributed by atoms with Crippen molar-refractivity contribution in [2.45, 2.75) is 44.7 Å². The number of rotatable bonds is 6. The first-order chi connectivity index (χ1) is 15.8. The maximum Gasteiger partial charge on any atom is 0.416 e. The van der Waals surface area contributed by atoms with Gasteiger partial charge in [-0.15, -0.1) is 0 Å². The van der Waals surface area contributed by atoms with Gasteiger partial charge in [0.25, 0.3) is 0 Å². The van der Waals surface area contributed by atoms with E-state index in [0.717, 1.165) is 39.2 Å². The molecule has 1 fully saturated rings. The molecule has 1 heterocycles. The number of carbonyl (C=O) groups excluding carboxylic acids is 2. The van der Waals surface area contributed by atoms with E-state index in [1.54, 1.807) is 0 Å². The zero-order valence-electron chi connectivity index (χ0n) is 19.1. The third-order valence-electron chi connectivity index (χ3n) is 5.89. The molecule has 2 aromatic carbocycles. The summed E-state index contributed by atoms with van der Waals surface area (Å²) in [6, 6.07) is 7.34. The van der Waals surface area contributed by atoms with E-state index in [0.29, 0.717) is 11.6 Å². The monoisotopic (exact) mass is 497 g/mol. The van der Waals surface area contributed by atoms with E-state index >= 15 is 0 Å². The molecule has 0 aromatic heterocycles. The minimum atomic E-state index is -4.66. The second-order valence-corrected chi connectivity index (χ2v) is 10.4. The average Bonchev–Trinajstić information content (AvgIpc) is 2.76. The lowest BCUT2D eigenvalue weighted by atomic mass is 9.96. The summed E-state index contributed by atoms with van der Waals surface area (Å²) in [7, 11) is -4.14. The number of ketones is 1. The van der Waals surface area contributed by atoms with Crippen LogP contribution in [0.5, 0.6) is 0 Å². The van der Waals surface area contributed by atoms with Crippen molar-refractivity contribution < 1.29 is 35.9 Å². The Bertz CT molecular complexity index is 1180. The molecule has 1 aliphatic heterocycles. The van der Waals surface area contributed by atoms with E-state index in [2.05, 4.69) is 0 Å². The van der Waals surface area contributed by atoms with Crippen molar-refractivity contribution >= 4 is 21.8 Å². The number of sulfonamides is 1. The summed E-state index contributed by atoms with van der Waals surface area (Å²) in [5.74, 6) is -1.50. The van der Waals surface area contributed by atoms with Crippen LogP contribution in [0.4, 0.5) is 13.2 Å². The number of benzene rings is 2. The van der Waals surface area contributed by atoms with E-state index in [-0.39, 0.29) is 31.7 Å². The van der Waals surface area contributed by atoms with Crippen molar-refractivity contribution in [2.24, 2.45) is 5.92 Å². The molecule has 0 amide bonds. The smallest absolute Gasteiger partial charge is 0.416 e. The zero-order chi connectivity index (χ0) is 25.3. The highest BCUT2D eigenvalue weighted by molar-refractivity contribution is 7.89. The molecule has 2 aromatic rings. The van der Waals surface area contributed by atoms with Crippen LogP contribution in [0.15, 0.2) is 41.3 Å². The largest absolute Gasteiger partial charge is 0.457 e. The molecule has 0 radical (unpaired) electrons. The lowest BCUT2D eigenvalue weighted by Crippen LogP contribution is -2.40. The molecule has 10 heteroatoms. The Morgan fingerprint density at radius 2 is 1.62 bits per heavy atom.